The highest BCUT2D eigenvalue weighted by Gasteiger charge is 2.02. The fourth-order valence-corrected chi connectivity index (χ4v) is 3.04. The van der Waals surface area contributed by atoms with Crippen molar-refractivity contribution in [2.24, 2.45) is 0 Å². The third-order valence-corrected chi connectivity index (χ3v) is 4.53. The Hall–Kier alpha value is -0.970. The average molecular weight is 306 g/mol. The van der Waals surface area contributed by atoms with Crippen LogP contribution < -0.4 is 5.32 Å². The van der Waals surface area contributed by atoms with E-state index >= 15 is 0 Å². The Kier molecular flexibility index (Phi) is 7.13. The summed E-state index contributed by atoms with van der Waals surface area (Å²) >= 11 is 2.02. The van der Waals surface area contributed by atoms with E-state index in [4.69, 9.17) is 4.74 Å². The van der Waals surface area contributed by atoms with Crippen LogP contribution in [0.3, 0.4) is 0 Å². The standard InChI is InChI=1S/C17H26N2OS/c1-3-21-12-4-9-19-10-7-16-6-5-15(13-17(16)19)14-18-8-11-20-2/h5-7,10,13,18H,3-4,8-9,11-12,14H2,1-2H3. The van der Waals surface area contributed by atoms with Gasteiger partial charge in [-0.15, -0.1) is 0 Å². The number of nitrogens with zero attached hydrogens (tertiary/aromatic N) is 1. The molecule has 2 rings (SSSR count). The van der Waals surface area contributed by atoms with Crippen molar-refractivity contribution < 1.29 is 4.74 Å². The highest BCUT2D eigenvalue weighted by atomic mass is 32.2. The zero-order valence-electron chi connectivity index (χ0n) is 13.1. The predicted octanol–water partition coefficient (Wildman–Crippen LogP) is 3.52. The van der Waals surface area contributed by atoms with Crippen LogP contribution in [0.25, 0.3) is 10.9 Å². The van der Waals surface area contributed by atoms with Gasteiger partial charge in [-0.25, -0.2) is 0 Å². The van der Waals surface area contributed by atoms with Crippen LogP contribution in [0.4, 0.5) is 0 Å². The molecule has 0 aliphatic rings. The molecule has 1 heterocycles. The first-order valence-corrected chi connectivity index (χ1v) is 8.85. The van der Waals surface area contributed by atoms with Gasteiger partial charge in [0.15, 0.2) is 0 Å². The van der Waals surface area contributed by atoms with Crippen LogP contribution in [0, 0.1) is 0 Å². The number of fused-ring (bicyclic) bond motifs is 1. The molecule has 116 valence electrons. The number of hydrogen-bond acceptors (Lipinski definition) is 3. The number of aromatic nitrogens is 1. The summed E-state index contributed by atoms with van der Waals surface area (Å²) in [5.41, 5.74) is 2.68. The highest BCUT2D eigenvalue weighted by Crippen LogP contribution is 2.18. The lowest BCUT2D eigenvalue weighted by Crippen LogP contribution is -2.18. The van der Waals surface area contributed by atoms with Crippen molar-refractivity contribution in [3.05, 3.63) is 36.0 Å². The van der Waals surface area contributed by atoms with Gasteiger partial charge in [-0.1, -0.05) is 19.1 Å². The molecule has 0 saturated carbocycles. The maximum absolute atomic E-state index is 5.05. The second kappa shape index (κ2) is 9.13. The molecule has 0 amide bonds. The van der Waals surface area contributed by atoms with Gasteiger partial charge in [0.05, 0.1) is 6.61 Å². The lowest BCUT2D eigenvalue weighted by Gasteiger charge is -2.08. The largest absolute Gasteiger partial charge is 0.383 e. The number of hydrogen-bond donors (Lipinski definition) is 1. The number of methoxy groups -OCH3 is 1. The monoisotopic (exact) mass is 306 g/mol. The van der Waals surface area contributed by atoms with Crippen LogP contribution in [0.2, 0.25) is 0 Å². The summed E-state index contributed by atoms with van der Waals surface area (Å²) in [5.74, 6) is 2.46. The Balaban J connectivity index is 1.95. The minimum atomic E-state index is 0.758. The maximum Gasteiger partial charge on any atom is 0.0587 e. The van der Waals surface area contributed by atoms with Crippen LogP contribution in [0.5, 0.6) is 0 Å². The molecule has 1 N–H and O–H groups in total. The lowest BCUT2D eigenvalue weighted by atomic mass is 10.1. The second-order valence-corrected chi connectivity index (χ2v) is 6.52. The molecule has 1 aromatic carbocycles. The molecule has 0 fully saturated rings. The first kappa shape index (κ1) is 16.4. The molecule has 4 heteroatoms. The Morgan fingerprint density at radius 2 is 2.19 bits per heavy atom. The number of thioether (sulfide) groups is 1. The first-order valence-electron chi connectivity index (χ1n) is 7.70. The smallest absolute Gasteiger partial charge is 0.0587 e. The Morgan fingerprint density at radius 3 is 3.00 bits per heavy atom. The number of rotatable bonds is 10. The number of benzene rings is 1. The van der Waals surface area contributed by atoms with Crippen molar-refractivity contribution in [1.29, 1.82) is 0 Å². The molecular formula is C17H26N2OS. The van der Waals surface area contributed by atoms with Crippen molar-refractivity contribution in [3.8, 4) is 0 Å². The molecule has 0 saturated heterocycles. The van der Waals surface area contributed by atoms with Gasteiger partial charge >= 0.3 is 0 Å². The maximum atomic E-state index is 5.05. The van der Waals surface area contributed by atoms with E-state index in [-0.39, 0.29) is 0 Å². The summed E-state index contributed by atoms with van der Waals surface area (Å²) in [7, 11) is 1.73. The first-order chi connectivity index (χ1) is 10.3. The zero-order chi connectivity index (χ0) is 14.9. The van der Waals surface area contributed by atoms with Crippen molar-refractivity contribution in [2.45, 2.75) is 26.4 Å². The highest BCUT2D eigenvalue weighted by molar-refractivity contribution is 7.99. The molecule has 0 spiro atoms. The van der Waals surface area contributed by atoms with Crippen molar-refractivity contribution in [3.63, 3.8) is 0 Å². The molecule has 3 nitrogen and oxygen atoms in total. The molecular weight excluding hydrogens is 280 g/mol. The van der Waals surface area contributed by atoms with Crippen molar-refractivity contribution in [1.82, 2.24) is 9.88 Å². The van der Waals surface area contributed by atoms with Crippen LogP contribution in [-0.4, -0.2) is 36.3 Å². The molecule has 1 aromatic heterocycles. The van der Waals surface area contributed by atoms with E-state index < -0.39 is 0 Å². The van der Waals surface area contributed by atoms with Gasteiger partial charge in [-0.3, -0.25) is 0 Å². The Bertz CT molecular complexity index is 539. The lowest BCUT2D eigenvalue weighted by molar-refractivity contribution is 0.199. The van der Waals surface area contributed by atoms with E-state index in [0.29, 0.717) is 0 Å². The number of nitrogens with one attached hydrogen (secondary N) is 1. The Labute approximate surface area is 132 Å². The molecule has 0 aliphatic heterocycles. The van der Waals surface area contributed by atoms with E-state index in [1.54, 1.807) is 7.11 Å². The average Bonchev–Trinajstić information content (AvgIpc) is 2.91. The van der Waals surface area contributed by atoms with Crippen LogP contribution >= 0.6 is 11.8 Å². The SMILES string of the molecule is CCSCCCn1ccc2ccc(CNCCOC)cc21. The van der Waals surface area contributed by atoms with Crippen molar-refractivity contribution in [2.75, 3.05) is 31.8 Å². The van der Waals surface area contributed by atoms with Gasteiger partial charge in [0.1, 0.15) is 0 Å². The molecule has 0 unspecified atom stereocenters. The van der Waals surface area contributed by atoms with Crippen molar-refractivity contribution >= 4 is 22.7 Å². The second-order valence-electron chi connectivity index (χ2n) is 5.12. The molecule has 0 atom stereocenters. The fourth-order valence-electron chi connectivity index (χ4n) is 2.42. The van der Waals surface area contributed by atoms with Gasteiger partial charge in [0, 0.05) is 38.5 Å². The third-order valence-electron chi connectivity index (χ3n) is 3.54. The summed E-state index contributed by atoms with van der Waals surface area (Å²) in [6.45, 7) is 5.88. The summed E-state index contributed by atoms with van der Waals surface area (Å²) in [6, 6.07) is 8.95. The van der Waals surface area contributed by atoms with Gasteiger partial charge < -0.3 is 14.6 Å². The predicted molar refractivity (Wildman–Crippen MR) is 93.1 cm³/mol. The molecule has 0 radical (unpaired) electrons. The van der Waals surface area contributed by atoms with Gasteiger partial charge in [0.2, 0.25) is 0 Å². The van der Waals surface area contributed by atoms with E-state index in [0.717, 1.165) is 26.2 Å². The molecule has 0 bridgehead atoms. The van der Waals surface area contributed by atoms with Gasteiger partial charge in [0.25, 0.3) is 0 Å². The summed E-state index contributed by atoms with van der Waals surface area (Å²) in [6.07, 6.45) is 3.45. The summed E-state index contributed by atoms with van der Waals surface area (Å²) in [4.78, 5) is 0. The molecule has 0 aliphatic carbocycles. The molecule has 2 aromatic rings. The van der Waals surface area contributed by atoms with Gasteiger partial charge in [-0.2, -0.15) is 11.8 Å². The fraction of sp³-hybridized carbons (Fsp3) is 0.529. The van der Waals surface area contributed by atoms with E-state index in [2.05, 4.69) is 47.3 Å². The minimum Gasteiger partial charge on any atom is -0.383 e. The zero-order valence-corrected chi connectivity index (χ0v) is 13.9. The van der Waals surface area contributed by atoms with E-state index in [9.17, 15) is 0 Å². The van der Waals surface area contributed by atoms with Crippen LogP contribution in [-0.2, 0) is 17.8 Å². The van der Waals surface area contributed by atoms with E-state index in [1.807, 2.05) is 11.8 Å². The quantitative estimate of drug-likeness (QED) is 0.680. The minimum absolute atomic E-state index is 0.758. The summed E-state index contributed by atoms with van der Waals surface area (Å²) < 4.78 is 7.43. The van der Waals surface area contributed by atoms with Gasteiger partial charge in [-0.05, 0) is 41.0 Å². The number of ether oxygens (including phenoxy) is 1. The topological polar surface area (TPSA) is 26.2 Å². The summed E-state index contributed by atoms with van der Waals surface area (Å²) in [5, 5.41) is 4.73. The van der Waals surface area contributed by atoms with E-state index in [1.165, 1.54) is 34.4 Å². The van der Waals surface area contributed by atoms with Crippen LogP contribution in [0.1, 0.15) is 18.9 Å². The van der Waals surface area contributed by atoms with Crippen LogP contribution in [0.15, 0.2) is 30.5 Å². The molecule has 21 heavy (non-hydrogen) atoms. The normalized spacial score (nSPS) is 11.3. The Morgan fingerprint density at radius 1 is 1.29 bits per heavy atom. The third kappa shape index (κ3) is 5.06. The number of aryl methyl sites for hydroxylation is 1.